The summed E-state index contributed by atoms with van der Waals surface area (Å²) in [5.41, 5.74) is 1.85. The highest BCUT2D eigenvalue weighted by molar-refractivity contribution is 7.98. The normalized spacial score (nSPS) is 11.0. The second kappa shape index (κ2) is 5.91. The van der Waals surface area contributed by atoms with Gasteiger partial charge in [0.2, 0.25) is 0 Å². The van der Waals surface area contributed by atoms with Crippen LogP contribution < -0.4 is 10.3 Å². The van der Waals surface area contributed by atoms with Crippen LogP contribution in [-0.4, -0.2) is 22.9 Å². The van der Waals surface area contributed by atoms with Crippen molar-refractivity contribution in [1.29, 1.82) is 0 Å². The molecule has 0 N–H and O–H groups in total. The first-order valence-corrected chi connectivity index (χ1v) is 8.48. The third-order valence-electron chi connectivity index (χ3n) is 3.21. The number of thioether (sulfide) groups is 1. The van der Waals surface area contributed by atoms with Crippen molar-refractivity contribution in [3.8, 4) is 5.75 Å². The highest BCUT2D eigenvalue weighted by atomic mass is 32.2. The number of hydrogen-bond donors (Lipinski definition) is 0. The van der Waals surface area contributed by atoms with Gasteiger partial charge in [0.15, 0.2) is 5.16 Å². The van der Waals surface area contributed by atoms with E-state index in [1.165, 1.54) is 23.1 Å². The fraction of sp³-hybridized carbons (Fsp3) is 0.200. The summed E-state index contributed by atoms with van der Waals surface area (Å²) in [4.78, 5) is 17.1. The van der Waals surface area contributed by atoms with Crippen molar-refractivity contribution in [1.82, 2.24) is 9.55 Å². The molecular weight excluding hydrogens is 304 g/mol. The van der Waals surface area contributed by atoms with E-state index in [4.69, 9.17) is 4.74 Å². The molecule has 0 radical (unpaired) electrons. The largest absolute Gasteiger partial charge is 0.497 e. The molecule has 0 amide bonds. The summed E-state index contributed by atoms with van der Waals surface area (Å²) in [5.74, 6) is 0.808. The van der Waals surface area contributed by atoms with E-state index in [0.717, 1.165) is 22.0 Å². The summed E-state index contributed by atoms with van der Waals surface area (Å²) in [6.45, 7) is 0.514. The molecular formula is C15H14N2O2S2. The molecule has 6 heteroatoms. The highest BCUT2D eigenvalue weighted by Gasteiger charge is 2.11. The van der Waals surface area contributed by atoms with Crippen LogP contribution in [0.1, 0.15) is 5.56 Å². The summed E-state index contributed by atoms with van der Waals surface area (Å²) in [6, 6.07) is 9.62. The molecule has 0 fully saturated rings. The van der Waals surface area contributed by atoms with Gasteiger partial charge in [0.05, 0.1) is 19.2 Å². The maximum Gasteiger partial charge on any atom is 0.272 e. The van der Waals surface area contributed by atoms with Crippen molar-refractivity contribution >= 4 is 33.3 Å². The van der Waals surface area contributed by atoms with Crippen LogP contribution in [0.4, 0.5) is 0 Å². The Bertz CT molecular complexity index is 822. The van der Waals surface area contributed by atoms with E-state index >= 15 is 0 Å². The molecule has 3 aromatic rings. The first kappa shape index (κ1) is 14.2. The van der Waals surface area contributed by atoms with E-state index < -0.39 is 0 Å². The van der Waals surface area contributed by atoms with Crippen LogP contribution >= 0.6 is 23.1 Å². The molecule has 0 aliphatic rings. The lowest BCUT2D eigenvalue weighted by Gasteiger charge is -2.11. The molecule has 0 aliphatic heterocycles. The maximum atomic E-state index is 12.6. The Hall–Kier alpha value is -1.79. The third-order valence-corrected chi connectivity index (χ3v) is 4.78. The molecule has 108 valence electrons. The molecule has 0 unspecified atom stereocenters. The van der Waals surface area contributed by atoms with E-state index in [1.807, 2.05) is 42.0 Å². The standard InChI is InChI=1S/C15H14N2O2S2/c1-19-11-5-3-10(4-6-11)9-17-14(18)13-12(7-8-21-13)16-15(17)20-2/h3-8H,9H2,1-2H3. The van der Waals surface area contributed by atoms with Crippen molar-refractivity contribution < 1.29 is 4.74 Å². The molecule has 2 heterocycles. The molecule has 0 aliphatic carbocycles. The Morgan fingerprint density at radius 3 is 2.71 bits per heavy atom. The van der Waals surface area contributed by atoms with Gasteiger partial charge >= 0.3 is 0 Å². The fourth-order valence-corrected chi connectivity index (χ4v) is 3.47. The van der Waals surface area contributed by atoms with Gasteiger partial charge in [0.25, 0.3) is 5.56 Å². The molecule has 0 saturated carbocycles. The molecule has 0 bridgehead atoms. The van der Waals surface area contributed by atoms with E-state index in [0.29, 0.717) is 11.2 Å². The molecule has 21 heavy (non-hydrogen) atoms. The van der Waals surface area contributed by atoms with E-state index in [2.05, 4.69) is 4.98 Å². The number of nitrogens with zero attached hydrogens (tertiary/aromatic N) is 2. The molecule has 0 saturated heterocycles. The van der Waals surface area contributed by atoms with E-state index in [-0.39, 0.29) is 5.56 Å². The first-order valence-electron chi connectivity index (χ1n) is 6.38. The predicted molar refractivity (Wildman–Crippen MR) is 87.8 cm³/mol. The molecule has 1 aromatic carbocycles. The molecule has 3 rings (SSSR count). The van der Waals surface area contributed by atoms with Gasteiger partial charge < -0.3 is 4.74 Å². The average Bonchev–Trinajstić information content (AvgIpc) is 2.99. The summed E-state index contributed by atoms with van der Waals surface area (Å²) in [7, 11) is 1.64. The number of hydrogen-bond acceptors (Lipinski definition) is 5. The lowest BCUT2D eigenvalue weighted by molar-refractivity contribution is 0.414. The second-order valence-corrected chi connectivity index (χ2v) is 6.16. The first-order chi connectivity index (χ1) is 10.2. The quantitative estimate of drug-likeness (QED) is 0.547. The number of aromatic nitrogens is 2. The van der Waals surface area contributed by atoms with Gasteiger partial charge in [-0.1, -0.05) is 23.9 Å². The maximum absolute atomic E-state index is 12.6. The van der Waals surface area contributed by atoms with Crippen molar-refractivity contribution in [2.24, 2.45) is 0 Å². The number of methoxy groups -OCH3 is 1. The topological polar surface area (TPSA) is 44.1 Å². The Morgan fingerprint density at radius 1 is 1.29 bits per heavy atom. The van der Waals surface area contributed by atoms with Crippen LogP contribution in [0.15, 0.2) is 45.7 Å². The van der Waals surface area contributed by atoms with Gasteiger partial charge in [0.1, 0.15) is 10.4 Å². The average molecular weight is 318 g/mol. The Kier molecular flexibility index (Phi) is 3.98. The van der Waals surface area contributed by atoms with Crippen LogP contribution in [0.25, 0.3) is 10.2 Å². The zero-order valence-electron chi connectivity index (χ0n) is 11.7. The van der Waals surface area contributed by atoms with Crippen molar-refractivity contribution in [2.45, 2.75) is 11.7 Å². The number of fused-ring (bicyclic) bond motifs is 1. The van der Waals surface area contributed by atoms with Crippen molar-refractivity contribution in [3.63, 3.8) is 0 Å². The van der Waals surface area contributed by atoms with Crippen LogP contribution in [0.3, 0.4) is 0 Å². The summed E-state index contributed by atoms with van der Waals surface area (Å²) in [5, 5.41) is 2.64. The zero-order valence-corrected chi connectivity index (χ0v) is 13.3. The lowest BCUT2D eigenvalue weighted by atomic mass is 10.2. The van der Waals surface area contributed by atoms with Crippen molar-refractivity contribution in [2.75, 3.05) is 13.4 Å². The van der Waals surface area contributed by atoms with E-state index in [9.17, 15) is 4.79 Å². The Labute approximate surface area is 130 Å². The number of thiophene rings is 1. The van der Waals surface area contributed by atoms with Crippen LogP contribution in [0.5, 0.6) is 5.75 Å². The lowest BCUT2D eigenvalue weighted by Crippen LogP contribution is -2.23. The van der Waals surface area contributed by atoms with Gasteiger partial charge in [-0.05, 0) is 35.4 Å². The number of benzene rings is 1. The highest BCUT2D eigenvalue weighted by Crippen LogP contribution is 2.20. The van der Waals surface area contributed by atoms with E-state index in [1.54, 1.807) is 11.7 Å². The molecule has 2 aromatic heterocycles. The number of ether oxygens (including phenoxy) is 1. The van der Waals surface area contributed by atoms with Crippen LogP contribution in [0.2, 0.25) is 0 Å². The predicted octanol–water partition coefficient (Wildman–Crippen LogP) is 3.24. The Balaban J connectivity index is 2.05. The van der Waals surface area contributed by atoms with Crippen LogP contribution in [-0.2, 0) is 6.54 Å². The summed E-state index contributed by atoms with van der Waals surface area (Å²) < 4.78 is 7.59. The Morgan fingerprint density at radius 2 is 2.05 bits per heavy atom. The summed E-state index contributed by atoms with van der Waals surface area (Å²) in [6.07, 6.45) is 1.94. The fourth-order valence-electron chi connectivity index (χ4n) is 2.13. The van der Waals surface area contributed by atoms with Gasteiger partial charge in [0, 0.05) is 0 Å². The van der Waals surface area contributed by atoms with Gasteiger partial charge in [-0.15, -0.1) is 11.3 Å². The minimum Gasteiger partial charge on any atom is -0.497 e. The zero-order chi connectivity index (χ0) is 14.8. The van der Waals surface area contributed by atoms with Gasteiger partial charge in [-0.25, -0.2) is 4.98 Å². The van der Waals surface area contributed by atoms with Crippen LogP contribution in [0, 0.1) is 0 Å². The minimum absolute atomic E-state index is 0.0233. The summed E-state index contributed by atoms with van der Waals surface area (Å²) >= 11 is 2.93. The molecule has 0 spiro atoms. The second-order valence-electron chi connectivity index (χ2n) is 4.47. The van der Waals surface area contributed by atoms with Gasteiger partial charge in [-0.3, -0.25) is 9.36 Å². The van der Waals surface area contributed by atoms with Gasteiger partial charge in [-0.2, -0.15) is 0 Å². The minimum atomic E-state index is 0.0233. The monoisotopic (exact) mass is 318 g/mol. The molecule has 0 atom stereocenters. The number of rotatable bonds is 4. The van der Waals surface area contributed by atoms with Crippen molar-refractivity contribution in [3.05, 3.63) is 51.6 Å². The SMILES string of the molecule is COc1ccc(Cn2c(SC)nc3ccsc3c2=O)cc1. The smallest absolute Gasteiger partial charge is 0.272 e. The third kappa shape index (κ3) is 2.69. The molecule has 4 nitrogen and oxygen atoms in total.